The number of likely N-dealkylation sites (tertiary alicyclic amines) is 1. The summed E-state index contributed by atoms with van der Waals surface area (Å²) in [4.78, 5) is 25.8. The van der Waals surface area contributed by atoms with Crippen LogP contribution < -0.4 is 10.6 Å². The van der Waals surface area contributed by atoms with Crippen molar-refractivity contribution in [3.05, 3.63) is 66.0 Å². The minimum Gasteiger partial charge on any atom is -0.338 e. The zero-order valence-corrected chi connectivity index (χ0v) is 13.7. The lowest BCUT2D eigenvalue weighted by Gasteiger charge is -2.17. The summed E-state index contributed by atoms with van der Waals surface area (Å²) in [6.07, 6.45) is 0.410. The molecule has 130 valence electrons. The number of halogens is 1. The first-order valence-electron chi connectivity index (χ1n) is 8.22. The number of carbonyl (C=O) groups excluding carboxylic acids is 2. The molecule has 1 atom stereocenters. The van der Waals surface area contributed by atoms with Crippen molar-refractivity contribution < 1.29 is 14.0 Å². The fourth-order valence-corrected chi connectivity index (χ4v) is 2.89. The molecule has 2 aromatic rings. The molecule has 2 aromatic carbocycles. The van der Waals surface area contributed by atoms with Gasteiger partial charge in [-0.2, -0.15) is 0 Å². The fourth-order valence-electron chi connectivity index (χ4n) is 2.89. The first-order chi connectivity index (χ1) is 12.1. The lowest BCUT2D eigenvalue weighted by Crippen LogP contribution is -2.34. The summed E-state index contributed by atoms with van der Waals surface area (Å²) in [5.41, 5.74) is 1.62. The molecular weight excluding hydrogens is 321 g/mol. The summed E-state index contributed by atoms with van der Waals surface area (Å²) < 4.78 is 12.9. The molecular formula is C19H20FN3O2. The van der Waals surface area contributed by atoms with E-state index in [1.165, 1.54) is 12.1 Å². The van der Waals surface area contributed by atoms with Gasteiger partial charge in [0.2, 0.25) is 5.91 Å². The van der Waals surface area contributed by atoms with Crippen LogP contribution >= 0.6 is 0 Å². The van der Waals surface area contributed by atoms with Gasteiger partial charge in [-0.15, -0.1) is 0 Å². The largest absolute Gasteiger partial charge is 0.338 e. The van der Waals surface area contributed by atoms with Crippen molar-refractivity contribution in [3.63, 3.8) is 0 Å². The highest BCUT2D eigenvalue weighted by Gasteiger charge is 2.29. The number of amides is 3. The number of carbonyl (C=O) groups is 2. The molecule has 0 aromatic heterocycles. The Bertz CT molecular complexity index is 734. The van der Waals surface area contributed by atoms with E-state index in [2.05, 4.69) is 10.6 Å². The van der Waals surface area contributed by atoms with Crippen molar-refractivity contribution in [2.24, 2.45) is 5.92 Å². The van der Waals surface area contributed by atoms with Gasteiger partial charge in [-0.05, 0) is 29.8 Å². The maximum Gasteiger partial charge on any atom is 0.319 e. The van der Waals surface area contributed by atoms with Gasteiger partial charge in [-0.1, -0.05) is 30.3 Å². The summed E-state index contributed by atoms with van der Waals surface area (Å²) >= 11 is 0. The Balaban J connectivity index is 1.46. The molecule has 1 aliphatic rings. The smallest absolute Gasteiger partial charge is 0.319 e. The second kappa shape index (κ2) is 7.79. The molecule has 1 unspecified atom stereocenters. The van der Waals surface area contributed by atoms with Crippen molar-refractivity contribution in [2.75, 3.05) is 18.4 Å². The molecule has 3 amide bonds. The summed E-state index contributed by atoms with van der Waals surface area (Å²) in [5.74, 6) is -0.155. The molecule has 0 bridgehead atoms. The maximum absolute atomic E-state index is 12.9. The fraction of sp³-hybridized carbons (Fsp3) is 0.263. The number of hydrogen-bond acceptors (Lipinski definition) is 2. The van der Waals surface area contributed by atoms with E-state index in [9.17, 15) is 14.0 Å². The van der Waals surface area contributed by atoms with Crippen LogP contribution in [0, 0.1) is 11.7 Å². The minimum atomic E-state index is -0.289. The first-order valence-corrected chi connectivity index (χ1v) is 8.22. The molecule has 0 saturated carbocycles. The van der Waals surface area contributed by atoms with Crippen molar-refractivity contribution >= 4 is 17.6 Å². The lowest BCUT2D eigenvalue weighted by atomic mass is 10.1. The number of hydrogen-bond donors (Lipinski definition) is 2. The summed E-state index contributed by atoms with van der Waals surface area (Å²) in [6.45, 7) is 1.48. The molecule has 1 aliphatic heterocycles. The molecule has 25 heavy (non-hydrogen) atoms. The molecule has 3 rings (SSSR count). The quantitative estimate of drug-likeness (QED) is 0.878. The van der Waals surface area contributed by atoms with Gasteiger partial charge in [0.1, 0.15) is 5.82 Å². The second-order valence-corrected chi connectivity index (χ2v) is 6.17. The standard InChI is InChI=1S/C19H20FN3O2/c20-16-8-6-14(7-9-16)12-23-13-15(10-18(23)24)11-21-19(25)22-17-4-2-1-3-5-17/h1-9,15H,10-13H2,(H2,21,22,25). The van der Waals surface area contributed by atoms with Crippen LogP contribution in [0.2, 0.25) is 0 Å². The van der Waals surface area contributed by atoms with Gasteiger partial charge >= 0.3 is 6.03 Å². The number of benzene rings is 2. The van der Waals surface area contributed by atoms with Crippen LogP contribution in [-0.2, 0) is 11.3 Å². The molecule has 0 aliphatic carbocycles. The molecule has 5 nitrogen and oxygen atoms in total. The second-order valence-electron chi connectivity index (χ2n) is 6.17. The SMILES string of the molecule is O=C(NCC1CC(=O)N(Cc2ccc(F)cc2)C1)Nc1ccccc1. The zero-order valence-electron chi connectivity index (χ0n) is 13.7. The van der Waals surface area contributed by atoms with Crippen molar-refractivity contribution in [1.82, 2.24) is 10.2 Å². The molecule has 0 radical (unpaired) electrons. The highest BCUT2D eigenvalue weighted by molar-refractivity contribution is 5.89. The average Bonchev–Trinajstić information content (AvgIpc) is 2.96. The van der Waals surface area contributed by atoms with E-state index < -0.39 is 0 Å². The zero-order chi connectivity index (χ0) is 17.6. The van der Waals surface area contributed by atoms with Crippen LogP contribution in [0.25, 0.3) is 0 Å². The van der Waals surface area contributed by atoms with E-state index >= 15 is 0 Å². The van der Waals surface area contributed by atoms with Crippen molar-refractivity contribution in [2.45, 2.75) is 13.0 Å². The van der Waals surface area contributed by atoms with Gasteiger partial charge in [-0.3, -0.25) is 4.79 Å². The Labute approximate surface area is 145 Å². The van der Waals surface area contributed by atoms with Crippen LogP contribution in [0.3, 0.4) is 0 Å². The molecule has 1 heterocycles. The van der Waals surface area contributed by atoms with E-state index in [-0.39, 0.29) is 23.7 Å². The van der Waals surface area contributed by atoms with Gasteiger partial charge in [0.25, 0.3) is 0 Å². The van der Waals surface area contributed by atoms with Gasteiger partial charge in [0.15, 0.2) is 0 Å². The number of rotatable bonds is 5. The Morgan fingerprint density at radius 1 is 1.12 bits per heavy atom. The van der Waals surface area contributed by atoms with Crippen LogP contribution in [-0.4, -0.2) is 29.9 Å². The Kier molecular flexibility index (Phi) is 5.28. The average molecular weight is 341 g/mol. The number of nitrogens with zero attached hydrogens (tertiary/aromatic N) is 1. The molecule has 2 N–H and O–H groups in total. The van der Waals surface area contributed by atoms with E-state index in [1.54, 1.807) is 17.0 Å². The summed E-state index contributed by atoms with van der Waals surface area (Å²) in [7, 11) is 0. The third-order valence-corrected chi connectivity index (χ3v) is 4.16. The number of nitrogens with one attached hydrogen (secondary N) is 2. The van der Waals surface area contributed by atoms with Crippen LogP contribution in [0.15, 0.2) is 54.6 Å². The molecule has 1 saturated heterocycles. The Morgan fingerprint density at radius 2 is 1.84 bits per heavy atom. The summed E-state index contributed by atoms with van der Waals surface area (Å²) in [5, 5.41) is 5.56. The lowest BCUT2D eigenvalue weighted by molar-refractivity contribution is -0.128. The van der Waals surface area contributed by atoms with Crippen molar-refractivity contribution in [1.29, 1.82) is 0 Å². The Morgan fingerprint density at radius 3 is 2.56 bits per heavy atom. The molecule has 1 fully saturated rings. The monoisotopic (exact) mass is 341 g/mol. The van der Waals surface area contributed by atoms with Crippen molar-refractivity contribution in [3.8, 4) is 0 Å². The van der Waals surface area contributed by atoms with Gasteiger partial charge in [0, 0.05) is 37.7 Å². The molecule has 0 spiro atoms. The first kappa shape index (κ1) is 17.0. The van der Waals surface area contributed by atoms with Gasteiger partial charge < -0.3 is 15.5 Å². The normalized spacial score (nSPS) is 16.8. The van der Waals surface area contributed by atoms with Gasteiger partial charge in [-0.25, -0.2) is 9.18 Å². The third kappa shape index (κ3) is 4.79. The van der Waals surface area contributed by atoms with E-state index in [0.717, 1.165) is 11.3 Å². The minimum absolute atomic E-state index is 0.0552. The number of urea groups is 1. The molecule has 6 heteroatoms. The predicted molar refractivity (Wildman–Crippen MR) is 93.4 cm³/mol. The van der Waals surface area contributed by atoms with E-state index in [1.807, 2.05) is 30.3 Å². The Hall–Kier alpha value is -2.89. The predicted octanol–water partition coefficient (Wildman–Crippen LogP) is 3.00. The number of anilines is 1. The highest BCUT2D eigenvalue weighted by atomic mass is 19.1. The third-order valence-electron chi connectivity index (χ3n) is 4.16. The topological polar surface area (TPSA) is 61.4 Å². The highest BCUT2D eigenvalue weighted by Crippen LogP contribution is 2.20. The van der Waals surface area contributed by atoms with Crippen LogP contribution in [0.1, 0.15) is 12.0 Å². The van der Waals surface area contributed by atoms with E-state index in [0.29, 0.717) is 26.1 Å². The summed E-state index contributed by atoms with van der Waals surface area (Å²) in [6, 6.07) is 15.1. The maximum atomic E-state index is 12.9. The van der Waals surface area contributed by atoms with E-state index in [4.69, 9.17) is 0 Å². The van der Waals surface area contributed by atoms with Crippen LogP contribution in [0.4, 0.5) is 14.9 Å². The number of para-hydroxylation sites is 1. The van der Waals surface area contributed by atoms with Crippen LogP contribution in [0.5, 0.6) is 0 Å². The van der Waals surface area contributed by atoms with Gasteiger partial charge in [0.05, 0.1) is 0 Å².